The second-order valence-electron chi connectivity index (χ2n) is 9.86. The zero-order valence-corrected chi connectivity index (χ0v) is 20.5. The van der Waals surface area contributed by atoms with E-state index in [4.69, 9.17) is 0 Å². The van der Waals surface area contributed by atoms with E-state index in [1.165, 1.54) is 53.9 Å². The number of fused-ring (bicyclic) bond motifs is 9. The average Bonchev–Trinajstić information content (AvgIpc) is 2.97. The molecule has 8 aromatic carbocycles. The highest BCUT2D eigenvalue weighted by atomic mass is 14.2. The molecular weight excluding hydrogens is 456 g/mol. The van der Waals surface area contributed by atoms with Gasteiger partial charge in [0, 0.05) is 22.3 Å². The molecule has 0 atom stereocenters. The molecule has 0 heteroatoms. The Balaban J connectivity index is 1.33. The van der Waals surface area contributed by atoms with Crippen molar-refractivity contribution in [2.24, 2.45) is 0 Å². The van der Waals surface area contributed by atoms with Crippen molar-refractivity contribution in [1.82, 2.24) is 0 Å². The fourth-order valence-corrected chi connectivity index (χ4v) is 5.63. The largest absolute Gasteiger partial charge is 0.0622 e. The molecule has 0 radical (unpaired) electrons. The Hall–Kier alpha value is -5.30. The molecule has 38 heavy (non-hydrogen) atoms. The summed E-state index contributed by atoms with van der Waals surface area (Å²) in [5.74, 6) is 13.5. The standard InChI is InChI=1S/C38H20/c1-3-9-25(10-4-1)15-17-29-21-33-34(22-30(29)18-16-26-11-5-2-6-12-26)38-24-36-32-20-28-14-8-7-13-27(28)19-31(32)35(36)23-37(33)38/h1-14,19-24H. The molecule has 0 amide bonds. The van der Waals surface area contributed by atoms with E-state index in [9.17, 15) is 0 Å². The van der Waals surface area contributed by atoms with Crippen LogP contribution in [0.2, 0.25) is 0 Å². The van der Waals surface area contributed by atoms with Gasteiger partial charge in [-0.05, 0) is 115 Å². The fraction of sp³-hybridized carbons (Fsp3) is 0. The van der Waals surface area contributed by atoms with Crippen molar-refractivity contribution >= 4 is 53.9 Å². The molecule has 0 aliphatic rings. The van der Waals surface area contributed by atoms with Gasteiger partial charge in [-0.3, -0.25) is 0 Å². The molecule has 0 nitrogen and oxygen atoms in total. The van der Waals surface area contributed by atoms with Crippen LogP contribution in [-0.2, 0) is 0 Å². The maximum Gasteiger partial charge on any atom is 0.0412 e. The van der Waals surface area contributed by atoms with Gasteiger partial charge in [-0.25, -0.2) is 0 Å². The quantitative estimate of drug-likeness (QED) is 0.191. The van der Waals surface area contributed by atoms with E-state index in [1.54, 1.807) is 0 Å². The first kappa shape index (κ1) is 20.8. The maximum absolute atomic E-state index is 3.42. The number of rotatable bonds is 0. The molecule has 0 N–H and O–H groups in total. The molecule has 0 aromatic heterocycles. The SMILES string of the molecule is C(#Cc1cc2c(cc1C#Cc1ccccc1)c1cc3c4cc5ccccc5cc4c3cc21)c1ccccc1. The maximum atomic E-state index is 3.42. The average molecular weight is 477 g/mol. The van der Waals surface area contributed by atoms with Crippen molar-refractivity contribution in [2.45, 2.75) is 0 Å². The highest BCUT2D eigenvalue weighted by Crippen LogP contribution is 2.45. The Morgan fingerprint density at radius 3 is 1.05 bits per heavy atom. The van der Waals surface area contributed by atoms with Gasteiger partial charge in [-0.2, -0.15) is 0 Å². The Morgan fingerprint density at radius 1 is 0.289 bits per heavy atom. The van der Waals surface area contributed by atoms with Crippen LogP contribution in [0, 0.1) is 23.7 Å². The molecule has 8 aromatic rings. The molecule has 8 rings (SSSR count). The molecule has 172 valence electrons. The number of hydrogen-bond acceptors (Lipinski definition) is 0. The van der Waals surface area contributed by atoms with E-state index in [0.717, 1.165) is 22.3 Å². The molecule has 0 fully saturated rings. The summed E-state index contributed by atoms with van der Waals surface area (Å²) in [4.78, 5) is 0. The zero-order valence-electron chi connectivity index (χ0n) is 20.5. The molecule has 0 spiro atoms. The molecular formula is C38H20. The summed E-state index contributed by atoms with van der Waals surface area (Å²) in [6, 6.07) is 42.7. The Bertz CT molecular complexity index is 2100. The van der Waals surface area contributed by atoms with Gasteiger partial charge in [0.05, 0.1) is 0 Å². The summed E-state index contributed by atoms with van der Waals surface area (Å²) in [5, 5.41) is 13.1. The second-order valence-corrected chi connectivity index (χ2v) is 9.86. The van der Waals surface area contributed by atoms with E-state index in [1.807, 2.05) is 60.7 Å². The minimum absolute atomic E-state index is 0.968. The third kappa shape index (κ3) is 3.22. The predicted octanol–water partition coefficient (Wildman–Crippen LogP) is 9.13. The molecule has 0 aliphatic heterocycles. The van der Waals surface area contributed by atoms with Crippen molar-refractivity contribution in [3.63, 3.8) is 0 Å². The van der Waals surface area contributed by atoms with E-state index in [-0.39, 0.29) is 0 Å². The van der Waals surface area contributed by atoms with Crippen LogP contribution in [0.25, 0.3) is 53.9 Å². The fourth-order valence-electron chi connectivity index (χ4n) is 5.63. The minimum atomic E-state index is 0.968. The van der Waals surface area contributed by atoms with Gasteiger partial charge in [0.25, 0.3) is 0 Å². The van der Waals surface area contributed by atoms with Gasteiger partial charge in [-0.15, -0.1) is 0 Å². The number of hydrogen-bond donors (Lipinski definition) is 0. The highest BCUT2D eigenvalue weighted by Gasteiger charge is 2.18. The van der Waals surface area contributed by atoms with Crippen LogP contribution in [0.5, 0.6) is 0 Å². The highest BCUT2D eigenvalue weighted by molar-refractivity contribution is 6.36. The van der Waals surface area contributed by atoms with Gasteiger partial charge < -0.3 is 0 Å². The summed E-state index contributed by atoms with van der Waals surface area (Å²) in [6.45, 7) is 0. The molecule has 0 heterocycles. The van der Waals surface area contributed by atoms with Crippen LogP contribution in [0.15, 0.2) is 121 Å². The van der Waals surface area contributed by atoms with Crippen LogP contribution in [0.4, 0.5) is 0 Å². The Labute approximate surface area is 220 Å². The van der Waals surface area contributed by atoms with E-state index >= 15 is 0 Å². The van der Waals surface area contributed by atoms with Crippen LogP contribution < -0.4 is 0 Å². The third-order valence-electron chi connectivity index (χ3n) is 7.59. The third-order valence-corrected chi connectivity index (χ3v) is 7.59. The van der Waals surface area contributed by atoms with E-state index in [2.05, 4.69) is 84.3 Å². The second kappa shape index (κ2) is 8.11. The molecule has 0 saturated carbocycles. The van der Waals surface area contributed by atoms with Crippen LogP contribution in [-0.4, -0.2) is 0 Å². The summed E-state index contributed by atoms with van der Waals surface area (Å²) in [7, 11) is 0. The lowest BCUT2D eigenvalue weighted by Crippen LogP contribution is -1.94. The van der Waals surface area contributed by atoms with E-state index < -0.39 is 0 Å². The first-order chi connectivity index (χ1) is 18.8. The molecule has 0 saturated heterocycles. The molecule has 0 bridgehead atoms. The first-order valence-electron chi connectivity index (χ1n) is 12.9. The van der Waals surface area contributed by atoms with Crippen LogP contribution in [0.3, 0.4) is 0 Å². The summed E-state index contributed by atoms with van der Waals surface area (Å²) in [6.07, 6.45) is 0. The first-order valence-corrected chi connectivity index (χ1v) is 12.9. The van der Waals surface area contributed by atoms with Gasteiger partial charge >= 0.3 is 0 Å². The van der Waals surface area contributed by atoms with Gasteiger partial charge in [0.15, 0.2) is 0 Å². The predicted molar refractivity (Wildman–Crippen MR) is 161 cm³/mol. The lowest BCUT2D eigenvalue weighted by molar-refractivity contribution is 1.61. The van der Waals surface area contributed by atoms with Crippen molar-refractivity contribution in [1.29, 1.82) is 0 Å². The Kier molecular flexibility index (Phi) is 4.45. The molecule has 0 unspecified atom stereocenters. The Morgan fingerprint density at radius 2 is 0.632 bits per heavy atom. The summed E-state index contributed by atoms with van der Waals surface area (Å²) < 4.78 is 0. The van der Waals surface area contributed by atoms with Gasteiger partial charge in [0.1, 0.15) is 0 Å². The smallest absolute Gasteiger partial charge is 0.0412 e. The van der Waals surface area contributed by atoms with Gasteiger partial charge in [-0.1, -0.05) is 84.3 Å². The van der Waals surface area contributed by atoms with Crippen molar-refractivity contribution in [3.8, 4) is 23.7 Å². The monoisotopic (exact) mass is 476 g/mol. The minimum Gasteiger partial charge on any atom is -0.0622 e. The van der Waals surface area contributed by atoms with Crippen molar-refractivity contribution in [2.75, 3.05) is 0 Å². The lowest BCUT2D eigenvalue weighted by atomic mass is 9.84. The number of benzene rings is 6. The normalized spacial score (nSPS) is 11.3. The van der Waals surface area contributed by atoms with E-state index in [0.29, 0.717) is 0 Å². The topological polar surface area (TPSA) is 0 Å². The summed E-state index contributed by atoms with van der Waals surface area (Å²) >= 11 is 0. The lowest BCUT2D eigenvalue weighted by Gasteiger charge is -2.19. The van der Waals surface area contributed by atoms with Crippen molar-refractivity contribution in [3.05, 3.63) is 144 Å². The zero-order chi connectivity index (χ0) is 25.1. The van der Waals surface area contributed by atoms with Crippen molar-refractivity contribution < 1.29 is 0 Å². The summed E-state index contributed by atoms with van der Waals surface area (Å²) in [5.41, 5.74) is 3.94. The van der Waals surface area contributed by atoms with Gasteiger partial charge in [0.2, 0.25) is 0 Å². The van der Waals surface area contributed by atoms with Crippen LogP contribution >= 0.6 is 0 Å². The molecule has 0 aliphatic carbocycles. The van der Waals surface area contributed by atoms with Crippen LogP contribution in [0.1, 0.15) is 22.3 Å².